The summed E-state index contributed by atoms with van der Waals surface area (Å²) in [5, 5.41) is 0. The van der Waals surface area contributed by atoms with E-state index in [1.807, 2.05) is 6.07 Å². The van der Waals surface area contributed by atoms with Gasteiger partial charge in [-0.05, 0) is 24.8 Å². The molecular formula is C18H26O6S. The number of rotatable bonds is 5. The monoisotopic (exact) mass is 370 g/mol. The highest BCUT2D eigenvalue weighted by Gasteiger charge is 2.26. The van der Waals surface area contributed by atoms with Crippen molar-refractivity contribution in [2.75, 3.05) is 27.6 Å². The Morgan fingerprint density at radius 2 is 1.76 bits per heavy atom. The van der Waals surface area contributed by atoms with Crippen LogP contribution in [0.2, 0.25) is 0 Å². The van der Waals surface area contributed by atoms with Crippen molar-refractivity contribution in [3.05, 3.63) is 23.8 Å². The molecule has 0 saturated carbocycles. The molecule has 0 heterocycles. The molecule has 0 saturated heterocycles. The standard InChI is InChI=1S/C18H26O6S/c1-12-10-13(24-25(5,19)20)8-6-7-9-14-15(21-2)11-16(22-3)17(12)18(14)23-4/h11,13H,1,6-10H2,2-5H3/t13-/m1/s1. The minimum atomic E-state index is -3.53. The first-order valence-electron chi connectivity index (χ1n) is 8.19. The van der Waals surface area contributed by atoms with E-state index in [1.54, 1.807) is 21.3 Å². The highest BCUT2D eigenvalue weighted by Crippen LogP contribution is 2.45. The highest BCUT2D eigenvalue weighted by atomic mass is 32.2. The van der Waals surface area contributed by atoms with Crippen molar-refractivity contribution in [1.29, 1.82) is 0 Å². The smallest absolute Gasteiger partial charge is 0.264 e. The maximum atomic E-state index is 11.5. The molecule has 1 aliphatic carbocycles. The number of benzene rings is 1. The molecule has 0 radical (unpaired) electrons. The van der Waals surface area contributed by atoms with E-state index >= 15 is 0 Å². The maximum Gasteiger partial charge on any atom is 0.264 e. The van der Waals surface area contributed by atoms with Crippen LogP contribution >= 0.6 is 0 Å². The van der Waals surface area contributed by atoms with E-state index in [9.17, 15) is 8.42 Å². The van der Waals surface area contributed by atoms with Crippen molar-refractivity contribution in [3.8, 4) is 17.2 Å². The van der Waals surface area contributed by atoms with E-state index in [-0.39, 0.29) is 0 Å². The Labute approximate surface area is 149 Å². The summed E-state index contributed by atoms with van der Waals surface area (Å²) < 4.78 is 45.0. The van der Waals surface area contributed by atoms with Crippen molar-refractivity contribution >= 4 is 15.7 Å². The largest absolute Gasteiger partial charge is 0.496 e. The van der Waals surface area contributed by atoms with Crippen LogP contribution in [0.5, 0.6) is 17.2 Å². The fraction of sp³-hybridized carbons (Fsp3) is 0.556. The lowest BCUT2D eigenvalue weighted by Gasteiger charge is -2.25. The summed E-state index contributed by atoms with van der Waals surface area (Å²) in [6, 6.07) is 1.83. The Hall–Kier alpha value is -1.73. The molecular weight excluding hydrogens is 344 g/mol. The third-order valence-corrected chi connectivity index (χ3v) is 4.91. The van der Waals surface area contributed by atoms with Gasteiger partial charge in [-0.2, -0.15) is 8.42 Å². The highest BCUT2D eigenvalue weighted by molar-refractivity contribution is 7.86. The number of hydrogen-bond acceptors (Lipinski definition) is 6. The van der Waals surface area contributed by atoms with Crippen LogP contribution in [-0.4, -0.2) is 42.1 Å². The van der Waals surface area contributed by atoms with Gasteiger partial charge in [0.1, 0.15) is 17.2 Å². The molecule has 7 heteroatoms. The van der Waals surface area contributed by atoms with Crippen LogP contribution in [-0.2, 0) is 20.7 Å². The Kier molecular flexibility index (Phi) is 6.35. The first-order valence-corrected chi connectivity index (χ1v) is 10.0. The second-order valence-corrected chi connectivity index (χ2v) is 7.74. The van der Waals surface area contributed by atoms with Gasteiger partial charge < -0.3 is 14.2 Å². The van der Waals surface area contributed by atoms with Crippen molar-refractivity contribution in [2.24, 2.45) is 0 Å². The van der Waals surface area contributed by atoms with Gasteiger partial charge in [0.2, 0.25) is 0 Å². The second kappa shape index (κ2) is 8.10. The quantitative estimate of drug-likeness (QED) is 0.742. The molecule has 0 aliphatic heterocycles. The topological polar surface area (TPSA) is 71.1 Å². The zero-order valence-electron chi connectivity index (χ0n) is 15.3. The molecule has 1 aromatic rings. The van der Waals surface area contributed by atoms with Crippen LogP contribution in [0.15, 0.2) is 12.6 Å². The van der Waals surface area contributed by atoms with Gasteiger partial charge in [-0.15, -0.1) is 0 Å². The van der Waals surface area contributed by atoms with Gasteiger partial charge in [0.05, 0.1) is 39.3 Å². The van der Waals surface area contributed by atoms with E-state index in [2.05, 4.69) is 6.58 Å². The molecule has 0 spiro atoms. The van der Waals surface area contributed by atoms with E-state index in [4.69, 9.17) is 18.4 Å². The fourth-order valence-electron chi connectivity index (χ4n) is 3.27. The Bertz CT molecular complexity index is 738. The van der Waals surface area contributed by atoms with Gasteiger partial charge in [-0.1, -0.05) is 13.0 Å². The van der Waals surface area contributed by atoms with E-state index in [0.29, 0.717) is 29.9 Å². The number of hydrogen-bond donors (Lipinski definition) is 0. The van der Waals surface area contributed by atoms with Crippen LogP contribution in [0.3, 0.4) is 0 Å². The van der Waals surface area contributed by atoms with Crippen LogP contribution in [0.4, 0.5) is 0 Å². The molecule has 1 aromatic carbocycles. The Morgan fingerprint density at radius 3 is 2.32 bits per heavy atom. The molecule has 1 aliphatic rings. The average Bonchev–Trinajstić information content (AvgIpc) is 2.54. The molecule has 6 nitrogen and oxygen atoms in total. The zero-order chi connectivity index (χ0) is 18.6. The van der Waals surface area contributed by atoms with Gasteiger partial charge in [0, 0.05) is 18.1 Å². The third-order valence-electron chi connectivity index (χ3n) is 4.29. The van der Waals surface area contributed by atoms with Gasteiger partial charge in [0.25, 0.3) is 10.1 Å². The van der Waals surface area contributed by atoms with Crippen molar-refractivity contribution in [3.63, 3.8) is 0 Å². The molecule has 0 N–H and O–H groups in total. The van der Waals surface area contributed by atoms with Crippen LogP contribution < -0.4 is 14.2 Å². The molecule has 25 heavy (non-hydrogen) atoms. The number of methoxy groups -OCH3 is 3. The predicted octanol–water partition coefficient (Wildman–Crippen LogP) is 3.19. The summed E-state index contributed by atoms with van der Waals surface area (Å²) in [5.41, 5.74) is 2.43. The number of fused-ring (bicyclic) bond motifs is 2. The molecule has 2 bridgehead atoms. The summed E-state index contributed by atoms with van der Waals surface area (Å²) in [5.74, 6) is 1.97. The first kappa shape index (κ1) is 19.6. The Balaban J connectivity index is 2.54. The summed E-state index contributed by atoms with van der Waals surface area (Å²) in [4.78, 5) is 0. The van der Waals surface area contributed by atoms with E-state index in [0.717, 1.165) is 42.4 Å². The minimum Gasteiger partial charge on any atom is -0.496 e. The van der Waals surface area contributed by atoms with Crippen LogP contribution in [0.25, 0.3) is 5.57 Å². The summed E-state index contributed by atoms with van der Waals surface area (Å²) >= 11 is 0. The van der Waals surface area contributed by atoms with E-state index in [1.165, 1.54) is 0 Å². The van der Waals surface area contributed by atoms with Crippen molar-refractivity contribution < 1.29 is 26.8 Å². The van der Waals surface area contributed by atoms with Crippen molar-refractivity contribution in [2.45, 2.75) is 38.2 Å². The average molecular weight is 370 g/mol. The molecule has 0 fully saturated rings. The van der Waals surface area contributed by atoms with E-state index < -0.39 is 16.2 Å². The lowest BCUT2D eigenvalue weighted by Crippen LogP contribution is -2.19. The molecule has 0 unspecified atom stereocenters. The van der Waals surface area contributed by atoms with Gasteiger partial charge in [0.15, 0.2) is 0 Å². The van der Waals surface area contributed by atoms with Crippen molar-refractivity contribution in [1.82, 2.24) is 0 Å². The third kappa shape index (κ3) is 4.67. The lowest BCUT2D eigenvalue weighted by atomic mass is 9.91. The second-order valence-electron chi connectivity index (χ2n) is 6.14. The van der Waals surface area contributed by atoms with Gasteiger partial charge >= 0.3 is 0 Å². The molecule has 0 aromatic heterocycles. The van der Waals surface area contributed by atoms with Gasteiger partial charge in [-0.3, -0.25) is 4.18 Å². The normalized spacial score (nSPS) is 18.6. The summed E-state index contributed by atoms with van der Waals surface area (Å²) in [6.45, 7) is 4.14. The Morgan fingerprint density at radius 1 is 1.08 bits per heavy atom. The molecule has 140 valence electrons. The summed E-state index contributed by atoms with van der Waals surface area (Å²) in [7, 11) is 1.26. The predicted molar refractivity (Wildman–Crippen MR) is 97.0 cm³/mol. The molecule has 1 atom stereocenters. The van der Waals surface area contributed by atoms with Gasteiger partial charge in [-0.25, -0.2) is 0 Å². The molecule has 2 rings (SSSR count). The first-order chi connectivity index (χ1) is 11.8. The fourth-order valence-corrected chi connectivity index (χ4v) is 3.93. The maximum absolute atomic E-state index is 11.5. The van der Waals surface area contributed by atoms with Crippen LogP contribution in [0.1, 0.15) is 36.8 Å². The lowest BCUT2D eigenvalue weighted by molar-refractivity contribution is 0.201. The van der Waals surface area contributed by atoms with Crippen LogP contribution in [0, 0.1) is 0 Å². The zero-order valence-corrected chi connectivity index (χ0v) is 16.1. The SMILES string of the molecule is C=C1C[C@H](OS(C)(=O)=O)CCCCc2c(OC)cc(OC)c1c2OC. The number of ether oxygens (including phenoxy) is 3. The minimum absolute atomic E-state index is 0.381. The molecule has 0 amide bonds. The summed E-state index contributed by atoms with van der Waals surface area (Å²) in [6.07, 6.45) is 4.11.